The van der Waals surface area contributed by atoms with Crippen LogP contribution in [0.2, 0.25) is 0 Å². The molecular weight excluding hydrogens is 236 g/mol. The molecule has 0 saturated heterocycles. The first-order valence-corrected chi connectivity index (χ1v) is 4.28. The predicted molar refractivity (Wildman–Crippen MR) is 31.5 cm³/mol. The van der Waals surface area contributed by atoms with Crippen LogP contribution in [0.3, 0.4) is 0 Å². The summed E-state index contributed by atoms with van der Waals surface area (Å²) < 4.78 is 20.7. The average Bonchev–Trinajstić information content (AvgIpc) is 1.79. The van der Waals surface area contributed by atoms with Crippen LogP contribution in [-0.2, 0) is 19.6 Å². The van der Waals surface area contributed by atoms with E-state index in [2.05, 4.69) is 5.14 Å². The molecule has 70 valence electrons. The average molecular weight is 241 g/mol. The van der Waals surface area contributed by atoms with Crippen molar-refractivity contribution in [2.45, 2.75) is 11.7 Å². The van der Waals surface area contributed by atoms with Crippen LogP contribution in [0.1, 0.15) is 6.42 Å². The van der Waals surface area contributed by atoms with Crippen molar-refractivity contribution in [3.05, 3.63) is 0 Å². The number of carbonyl (C=O) groups excluding carboxylic acids is 2. The summed E-state index contributed by atoms with van der Waals surface area (Å²) in [4.78, 5) is 19.9. The molecule has 0 aliphatic rings. The Bertz CT molecular complexity index is 301. The Balaban J connectivity index is -0.000000605. The fourth-order valence-electron chi connectivity index (χ4n) is 0.485. The molecule has 0 aromatic rings. The summed E-state index contributed by atoms with van der Waals surface area (Å²) in [6.07, 6.45) is -1.21. The van der Waals surface area contributed by atoms with E-state index in [9.17, 15) is 28.2 Å². The van der Waals surface area contributed by atoms with Gasteiger partial charge in [-0.3, -0.25) is 0 Å². The van der Waals surface area contributed by atoms with Crippen LogP contribution in [0.25, 0.3) is 0 Å². The molecule has 14 heavy (non-hydrogen) atoms. The molecule has 2 N–H and O–H groups in total. The second kappa shape index (κ2) is 8.05. The Labute approximate surface area is 125 Å². The maximum atomic E-state index is 10.4. The van der Waals surface area contributed by atoms with Gasteiger partial charge in [0, 0.05) is 12.4 Å². The minimum Gasteiger partial charge on any atom is -0.550 e. The first-order valence-electron chi connectivity index (χ1n) is 2.67. The number of aliphatic carboxylic acids is 2. The van der Waals surface area contributed by atoms with Crippen LogP contribution in [-0.4, -0.2) is 25.6 Å². The third-order valence-electron chi connectivity index (χ3n) is 1.01. The standard InChI is InChI=1S/C4H7NO6S.2Na/c5-12(10,11)2(4(8)9)1-3(6)7;;/h2H,1H2,(H,6,7)(H,8,9)(H2,5,10,11);;/q;2*+1/p-2. The molecule has 0 fully saturated rings. The molecule has 1 atom stereocenters. The van der Waals surface area contributed by atoms with Crippen molar-refractivity contribution in [2.75, 3.05) is 0 Å². The second-order valence-electron chi connectivity index (χ2n) is 1.97. The van der Waals surface area contributed by atoms with E-state index in [4.69, 9.17) is 0 Å². The second-order valence-corrected chi connectivity index (χ2v) is 3.72. The normalized spacial score (nSPS) is 11.8. The fraction of sp³-hybridized carbons (Fsp3) is 0.500. The molecule has 0 radical (unpaired) electrons. The molecule has 0 rings (SSSR count). The van der Waals surface area contributed by atoms with Crippen molar-refractivity contribution in [1.82, 2.24) is 0 Å². The largest absolute Gasteiger partial charge is 1.00 e. The molecule has 0 amide bonds. The molecule has 0 aromatic carbocycles. The van der Waals surface area contributed by atoms with Gasteiger partial charge in [-0.1, -0.05) is 0 Å². The van der Waals surface area contributed by atoms with Gasteiger partial charge < -0.3 is 19.8 Å². The van der Waals surface area contributed by atoms with E-state index in [1.54, 1.807) is 0 Å². The van der Waals surface area contributed by atoms with Crippen molar-refractivity contribution >= 4 is 22.0 Å². The molecule has 0 heterocycles. The molecule has 0 aliphatic heterocycles. The Morgan fingerprint density at radius 1 is 1.21 bits per heavy atom. The number of primary sulfonamides is 1. The van der Waals surface area contributed by atoms with E-state index in [1.807, 2.05) is 0 Å². The molecule has 0 spiro atoms. The molecule has 0 aromatic heterocycles. The Morgan fingerprint density at radius 2 is 1.57 bits per heavy atom. The number of rotatable bonds is 4. The monoisotopic (exact) mass is 241 g/mol. The molecule has 0 bridgehead atoms. The zero-order chi connectivity index (χ0) is 9.94. The number of hydrogen-bond donors (Lipinski definition) is 1. The van der Waals surface area contributed by atoms with Gasteiger partial charge in [0.15, 0.2) is 0 Å². The van der Waals surface area contributed by atoms with E-state index >= 15 is 0 Å². The van der Waals surface area contributed by atoms with Crippen LogP contribution >= 0.6 is 0 Å². The van der Waals surface area contributed by atoms with Crippen LogP contribution in [0.4, 0.5) is 0 Å². The van der Waals surface area contributed by atoms with E-state index in [-0.39, 0.29) is 59.1 Å². The minimum absolute atomic E-state index is 0. The van der Waals surface area contributed by atoms with Crippen LogP contribution in [0.5, 0.6) is 0 Å². The number of sulfonamides is 1. The Kier molecular flexibility index (Phi) is 11.7. The van der Waals surface area contributed by atoms with Gasteiger partial charge >= 0.3 is 59.1 Å². The summed E-state index contributed by atoms with van der Waals surface area (Å²) in [6.45, 7) is 0. The maximum Gasteiger partial charge on any atom is 1.00 e. The van der Waals surface area contributed by atoms with Gasteiger partial charge in [0.05, 0.1) is 5.97 Å². The van der Waals surface area contributed by atoms with E-state index < -0.39 is 33.6 Å². The van der Waals surface area contributed by atoms with E-state index in [0.717, 1.165) is 0 Å². The molecule has 1 unspecified atom stereocenters. The minimum atomic E-state index is -4.44. The maximum absolute atomic E-state index is 10.4. The molecule has 10 heteroatoms. The van der Waals surface area contributed by atoms with Gasteiger partial charge in [0.1, 0.15) is 5.25 Å². The van der Waals surface area contributed by atoms with Crippen molar-refractivity contribution < 1.29 is 87.3 Å². The summed E-state index contributed by atoms with van der Waals surface area (Å²) in [7, 11) is -4.44. The summed E-state index contributed by atoms with van der Waals surface area (Å²) in [6, 6.07) is 0. The van der Waals surface area contributed by atoms with Crippen LogP contribution < -0.4 is 74.5 Å². The van der Waals surface area contributed by atoms with Crippen molar-refractivity contribution in [3.8, 4) is 0 Å². The van der Waals surface area contributed by atoms with Crippen molar-refractivity contribution in [1.29, 1.82) is 0 Å². The van der Waals surface area contributed by atoms with Gasteiger partial charge in [0.2, 0.25) is 10.0 Å². The number of carboxylic acids is 2. The topological polar surface area (TPSA) is 140 Å². The molecule has 0 aliphatic carbocycles. The summed E-state index contributed by atoms with van der Waals surface area (Å²) in [5, 5.41) is 22.0. The van der Waals surface area contributed by atoms with Gasteiger partial charge in [-0.15, -0.1) is 0 Å². The summed E-state index contributed by atoms with van der Waals surface area (Å²) in [5.41, 5.74) is 0. The molecule has 0 saturated carbocycles. The zero-order valence-corrected chi connectivity index (χ0v) is 12.5. The van der Waals surface area contributed by atoms with Crippen LogP contribution in [0.15, 0.2) is 0 Å². The van der Waals surface area contributed by atoms with Gasteiger partial charge in [-0.25, -0.2) is 13.6 Å². The predicted octanol–water partition coefficient (Wildman–Crippen LogP) is -10.5. The van der Waals surface area contributed by atoms with Gasteiger partial charge in [-0.2, -0.15) is 0 Å². The first kappa shape index (κ1) is 20.3. The SMILES string of the molecule is NS(=O)(=O)C(CC(=O)[O-])C(=O)[O-].[Na+].[Na+]. The van der Waals surface area contributed by atoms with Crippen LogP contribution in [0, 0.1) is 0 Å². The van der Waals surface area contributed by atoms with Gasteiger partial charge in [0.25, 0.3) is 0 Å². The summed E-state index contributed by atoms with van der Waals surface area (Å²) in [5.74, 6) is -3.88. The quantitative estimate of drug-likeness (QED) is 0.484. The zero-order valence-electron chi connectivity index (χ0n) is 7.72. The van der Waals surface area contributed by atoms with Crippen molar-refractivity contribution in [2.24, 2.45) is 5.14 Å². The first-order chi connectivity index (χ1) is 5.25. The number of carboxylic acid groups (broad SMARTS) is 2. The third kappa shape index (κ3) is 8.18. The molecule has 7 nitrogen and oxygen atoms in total. The number of hydrogen-bond acceptors (Lipinski definition) is 6. The molecular formula is C4H5NNa2O6S. The smallest absolute Gasteiger partial charge is 0.550 e. The van der Waals surface area contributed by atoms with Crippen molar-refractivity contribution in [3.63, 3.8) is 0 Å². The Hall–Kier alpha value is 0.850. The number of nitrogens with two attached hydrogens (primary N) is 1. The number of carbonyl (C=O) groups is 2. The third-order valence-corrected chi connectivity index (χ3v) is 2.16. The fourth-order valence-corrected chi connectivity index (χ4v) is 1.12. The van der Waals surface area contributed by atoms with Gasteiger partial charge in [-0.05, 0) is 0 Å². The van der Waals surface area contributed by atoms with E-state index in [1.165, 1.54) is 0 Å². The summed E-state index contributed by atoms with van der Waals surface area (Å²) >= 11 is 0. The van der Waals surface area contributed by atoms with E-state index in [0.29, 0.717) is 0 Å². The Morgan fingerprint density at radius 3 is 1.64 bits per heavy atom.